The van der Waals surface area contributed by atoms with Gasteiger partial charge in [-0.15, -0.1) is 0 Å². The van der Waals surface area contributed by atoms with E-state index in [1.165, 1.54) is 10.2 Å². The van der Waals surface area contributed by atoms with E-state index in [1.807, 2.05) is 0 Å². The van der Waals surface area contributed by atoms with Crippen LogP contribution in [0.5, 0.6) is 0 Å². The van der Waals surface area contributed by atoms with Gasteiger partial charge in [0.2, 0.25) is 5.91 Å². The van der Waals surface area contributed by atoms with Gasteiger partial charge in [0.1, 0.15) is 0 Å². The summed E-state index contributed by atoms with van der Waals surface area (Å²) in [5.41, 5.74) is 0. The average molecular weight is 276 g/mol. The highest BCUT2D eigenvalue weighted by Crippen LogP contribution is 2.35. The average Bonchev–Trinajstić information content (AvgIpc) is 2.25. The molecule has 0 bridgehead atoms. The van der Waals surface area contributed by atoms with Crippen LogP contribution in [-0.2, 0) is 9.59 Å². The highest BCUT2D eigenvalue weighted by molar-refractivity contribution is 5.88. The molecule has 0 aliphatic heterocycles. The maximum atomic E-state index is 12.5. The molecule has 0 aromatic carbocycles. The van der Waals surface area contributed by atoms with Crippen molar-refractivity contribution in [3.8, 4) is 0 Å². The van der Waals surface area contributed by atoms with Crippen LogP contribution in [0.4, 0.5) is 22.0 Å². The van der Waals surface area contributed by atoms with Crippen LogP contribution in [0.2, 0.25) is 0 Å². The smallest absolute Gasteiger partial charge is 0.342 e. The first-order chi connectivity index (χ1) is 8.07. The second-order valence-corrected chi connectivity index (χ2v) is 3.32. The minimum Gasteiger partial charge on any atom is -0.342 e. The summed E-state index contributed by atoms with van der Waals surface area (Å²) in [6.07, 6.45) is -5.98. The monoisotopic (exact) mass is 276 g/mol. The molecule has 9 heteroatoms. The van der Waals surface area contributed by atoms with E-state index in [0.29, 0.717) is 0 Å². The fourth-order valence-corrected chi connectivity index (χ4v) is 1.08. The van der Waals surface area contributed by atoms with Crippen LogP contribution < -0.4 is 5.32 Å². The molecule has 0 saturated heterocycles. The lowest BCUT2D eigenvalue weighted by Gasteiger charge is -2.21. The molecule has 0 spiro atoms. The molecule has 0 aliphatic rings. The van der Waals surface area contributed by atoms with Crippen LogP contribution in [0, 0.1) is 0 Å². The van der Waals surface area contributed by atoms with Crippen molar-refractivity contribution >= 4 is 11.8 Å². The van der Waals surface area contributed by atoms with Crippen LogP contribution in [0.3, 0.4) is 0 Å². The summed E-state index contributed by atoms with van der Waals surface area (Å²) in [6.45, 7) is 2.84. The van der Waals surface area contributed by atoms with E-state index in [1.54, 1.807) is 13.8 Å². The number of nitrogens with zero attached hydrogens (tertiary/aromatic N) is 1. The molecule has 0 heterocycles. The molecule has 1 N–H and O–H groups in total. The zero-order valence-corrected chi connectivity index (χ0v) is 9.77. The van der Waals surface area contributed by atoms with Gasteiger partial charge >= 0.3 is 18.0 Å². The predicted molar refractivity (Wildman–Crippen MR) is 51.9 cm³/mol. The van der Waals surface area contributed by atoms with Gasteiger partial charge in [0, 0.05) is 13.1 Å². The van der Waals surface area contributed by atoms with Crippen molar-refractivity contribution < 1.29 is 31.5 Å². The SMILES string of the molecule is CCN(CC)C(=O)CNC(=O)C(F)(F)C(F)(F)F. The number of halogens is 5. The van der Waals surface area contributed by atoms with Gasteiger partial charge in [-0.25, -0.2) is 0 Å². The van der Waals surface area contributed by atoms with Gasteiger partial charge < -0.3 is 10.2 Å². The van der Waals surface area contributed by atoms with Gasteiger partial charge in [0.15, 0.2) is 0 Å². The maximum Gasteiger partial charge on any atom is 0.463 e. The van der Waals surface area contributed by atoms with Crippen LogP contribution in [0.15, 0.2) is 0 Å². The molecular weight excluding hydrogens is 263 g/mol. The lowest BCUT2D eigenvalue weighted by Crippen LogP contribution is -2.52. The Morgan fingerprint density at radius 2 is 1.50 bits per heavy atom. The van der Waals surface area contributed by atoms with E-state index >= 15 is 0 Å². The summed E-state index contributed by atoms with van der Waals surface area (Å²) in [6, 6.07) is 0. The standard InChI is InChI=1S/C9H13F5N2O2/c1-3-16(4-2)6(17)5-15-7(18)8(10,11)9(12,13)14/h3-5H2,1-2H3,(H,15,18). The van der Waals surface area contributed by atoms with Crippen LogP contribution >= 0.6 is 0 Å². The first-order valence-electron chi connectivity index (χ1n) is 5.08. The zero-order chi connectivity index (χ0) is 14.6. The van der Waals surface area contributed by atoms with Crippen molar-refractivity contribution in [3.63, 3.8) is 0 Å². The summed E-state index contributed by atoms with van der Waals surface area (Å²) in [4.78, 5) is 23.1. The number of hydrogen-bond acceptors (Lipinski definition) is 2. The van der Waals surface area contributed by atoms with Crippen molar-refractivity contribution in [3.05, 3.63) is 0 Å². The van der Waals surface area contributed by atoms with Gasteiger partial charge in [-0.2, -0.15) is 22.0 Å². The van der Waals surface area contributed by atoms with E-state index in [0.717, 1.165) is 0 Å². The summed E-state index contributed by atoms with van der Waals surface area (Å²) in [7, 11) is 0. The number of rotatable bonds is 5. The number of nitrogens with one attached hydrogen (secondary N) is 1. The Morgan fingerprint density at radius 1 is 1.06 bits per heavy atom. The molecule has 106 valence electrons. The molecule has 0 atom stereocenters. The van der Waals surface area contributed by atoms with Crippen molar-refractivity contribution in [1.82, 2.24) is 10.2 Å². The zero-order valence-electron chi connectivity index (χ0n) is 9.77. The second-order valence-electron chi connectivity index (χ2n) is 3.32. The number of likely N-dealkylation sites (N-methyl/N-ethyl adjacent to an activating group) is 1. The molecule has 0 fully saturated rings. The molecule has 0 aromatic rings. The van der Waals surface area contributed by atoms with Gasteiger partial charge in [-0.1, -0.05) is 0 Å². The molecular formula is C9H13F5N2O2. The summed E-state index contributed by atoms with van der Waals surface area (Å²) in [5.74, 6) is -8.77. The van der Waals surface area contributed by atoms with E-state index < -0.39 is 30.5 Å². The molecule has 0 aromatic heterocycles. The van der Waals surface area contributed by atoms with Gasteiger partial charge in [0.05, 0.1) is 6.54 Å². The quantitative estimate of drug-likeness (QED) is 0.766. The largest absolute Gasteiger partial charge is 0.463 e. The van der Waals surface area contributed by atoms with Crippen molar-refractivity contribution in [2.45, 2.75) is 25.9 Å². The number of alkyl halides is 5. The van der Waals surface area contributed by atoms with Crippen molar-refractivity contribution in [2.75, 3.05) is 19.6 Å². The third-order valence-electron chi connectivity index (χ3n) is 2.16. The lowest BCUT2D eigenvalue weighted by atomic mass is 10.3. The molecule has 0 aliphatic carbocycles. The van der Waals surface area contributed by atoms with Crippen LogP contribution in [-0.4, -0.2) is 48.4 Å². The first-order valence-corrected chi connectivity index (χ1v) is 5.08. The van der Waals surface area contributed by atoms with E-state index in [4.69, 9.17) is 0 Å². The summed E-state index contributed by atoms with van der Waals surface area (Å²) < 4.78 is 60.3. The van der Waals surface area contributed by atoms with Crippen LogP contribution in [0.25, 0.3) is 0 Å². The Hall–Kier alpha value is -1.41. The highest BCUT2D eigenvalue weighted by atomic mass is 19.4. The minimum absolute atomic E-state index is 0.265. The van der Waals surface area contributed by atoms with Crippen LogP contribution in [0.1, 0.15) is 13.8 Å². The second kappa shape index (κ2) is 5.96. The Morgan fingerprint density at radius 3 is 1.83 bits per heavy atom. The van der Waals surface area contributed by atoms with Gasteiger partial charge in [-0.05, 0) is 13.8 Å². The minimum atomic E-state index is -5.98. The maximum absolute atomic E-state index is 12.5. The first kappa shape index (κ1) is 16.6. The molecule has 0 radical (unpaired) electrons. The predicted octanol–water partition coefficient (Wildman–Crippen LogP) is 1.17. The number of carbonyl (C=O) groups excluding carboxylic acids is 2. The summed E-state index contributed by atoms with van der Waals surface area (Å²) in [5, 5.41) is 1.28. The van der Waals surface area contributed by atoms with E-state index in [9.17, 15) is 31.5 Å². The third-order valence-corrected chi connectivity index (χ3v) is 2.16. The van der Waals surface area contributed by atoms with Crippen molar-refractivity contribution in [2.24, 2.45) is 0 Å². The van der Waals surface area contributed by atoms with Gasteiger partial charge in [0.25, 0.3) is 0 Å². The Kier molecular flexibility index (Phi) is 5.50. The Bertz CT molecular complexity index is 313. The van der Waals surface area contributed by atoms with E-state index in [2.05, 4.69) is 0 Å². The Balaban J connectivity index is 4.48. The van der Waals surface area contributed by atoms with Crippen molar-refractivity contribution in [1.29, 1.82) is 0 Å². The molecule has 18 heavy (non-hydrogen) atoms. The molecule has 0 rings (SSSR count). The molecule has 4 nitrogen and oxygen atoms in total. The Labute approximate surface area is 100 Å². The summed E-state index contributed by atoms with van der Waals surface area (Å²) >= 11 is 0. The molecule has 0 saturated carbocycles. The number of amides is 2. The number of carbonyl (C=O) groups is 2. The molecule has 0 unspecified atom stereocenters. The normalized spacial score (nSPS) is 12.2. The molecule has 2 amide bonds. The lowest BCUT2D eigenvalue weighted by molar-refractivity contribution is -0.269. The van der Waals surface area contributed by atoms with E-state index in [-0.39, 0.29) is 13.1 Å². The number of hydrogen-bond donors (Lipinski definition) is 1. The third kappa shape index (κ3) is 3.81. The topological polar surface area (TPSA) is 49.4 Å². The van der Waals surface area contributed by atoms with Gasteiger partial charge in [-0.3, -0.25) is 9.59 Å². The highest BCUT2D eigenvalue weighted by Gasteiger charge is 2.63. The fraction of sp³-hybridized carbons (Fsp3) is 0.778. The fourth-order valence-electron chi connectivity index (χ4n) is 1.08.